The van der Waals surface area contributed by atoms with E-state index in [4.69, 9.17) is 0 Å². The second-order valence-corrected chi connectivity index (χ2v) is 4.93. The molecule has 2 heterocycles. The van der Waals surface area contributed by atoms with Gasteiger partial charge in [0.25, 0.3) is 5.91 Å². The smallest absolute Gasteiger partial charge is 0.406 e. The second kappa shape index (κ2) is 6.63. The van der Waals surface area contributed by atoms with E-state index in [2.05, 4.69) is 25.2 Å². The van der Waals surface area contributed by atoms with Crippen LogP contribution in [0, 0.1) is 0 Å². The summed E-state index contributed by atoms with van der Waals surface area (Å²) in [6.45, 7) is 0. The number of hydrogen-bond acceptors (Lipinski definition) is 4. The van der Waals surface area contributed by atoms with Gasteiger partial charge in [-0.1, -0.05) is 0 Å². The first-order chi connectivity index (χ1) is 11.9. The van der Waals surface area contributed by atoms with E-state index < -0.39 is 12.3 Å². The zero-order valence-electron chi connectivity index (χ0n) is 12.5. The Morgan fingerprint density at radius 2 is 1.76 bits per heavy atom. The number of amides is 1. The van der Waals surface area contributed by atoms with Gasteiger partial charge >= 0.3 is 6.36 Å². The normalized spacial score (nSPS) is 11.2. The molecule has 3 aromatic rings. The largest absolute Gasteiger partial charge is 0.573 e. The van der Waals surface area contributed by atoms with E-state index in [1.54, 1.807) is 30.6 Å². The van der Waals surface area contributed by atoms with Gasteiger partial charge in [0, 0.05) is 23.6 Å². The number of benzene rings is 1. The van der Waals surface area contributed by atoms with Crippen molar-refractivity contribution in [3.63, 3.8) is 0 Å². The summed E-state index contributed by atoms with van der Waals surface area (Å²) >= 11 is 0. The molecular weight excluding hydrogens is 337 g/mol. The van der Waals surface area contributed by atoms with Crippen molar-refractivity contribution < 1.29 is 22.7 Å². The summed E-state index contributed by atoms with van der Waals surface area (Å²) in [5.74, 6) is -0.843. The summed E-state index contributed by atoms with van der Waals surface area (Å²) in [6.07, 6.45) is -1.55. The zero-order chi connectivity index (χ0) is 17.9. The molecule has 0 aliphatic carbocycles. The molecule has 0 atom stereocenters. The third-order valence-corrected chi connectivity index (χ3v) is 3.14. The van der Waals surface area contributed by atoms with Gasteiger partial charge in [-0.2, -0.15) is 5.10 Å². The number of carbonyl (C=O) groups is 1. The number of nitrogens with zero attached hydrogens (tertiary/aromatic N) is 2. The fraction of sp³-hybridized carbons (Fsp3) is 0.0625. The predicted molar refractivity (Wildman–Crippen MR) is 82.9 cm³/mol. The maximum absolute atomic E-state index is 12.2. The van der Waals surface area contributed by atoms with E-state index in [-0.39, 0.29) is 11.4 Å². The minimum absolute atomic E-state index is 0.211. The van der Waals surface area contributed by atoms with Crippen LogP contribution >= 0.6 is 0 Å². The van der Waals surface area contributed by atoms with Crippen molar-refractivity contribution in [1.29, 1.82) is 0 Å². The van der Waals surface area contributed by atoms with Crippen LogP contribution in [-0.4, -0.2) is 27.5 Å². The van der Waals surface area contributed by atoms with Gasteiger partial charge in [0.2, 0.25) is 0 Å². The summed E-state index contributed by atoms with van der Waals surface area (Å²) in [7, 11) is 0. The quantitative estimate of drug-likeness (QED) is 0.755. The van der Waals surface area contributed by atoms with Crippen LogP contribution in [0.4, 0.5) is 18.9 Å². The Hall–Kier alpha value is -3.36. The Balaban J connectivity index is 1.67. The molecule has 0 saturated heterocycles. The highest BCUT2D eigenvalue weighted by Gasteiger charge is 2.30. The van der Waals surface area contributed by atoms with E-state index in [9.17, 15) is 18.0 Å². The van der Waals surface area contributed by atoms with Gasteiger partial charge in [0.15, 0.2) is 0 Å². The highest BCUT2D eigenvalue weighted by molar-refractivity contribution is 6.03. The molecule has 1 aromatic carbocycles. The zero-order valence-corrected chi connectivity index (χ0v) is 12.5. The lowest BCUT2D eigenvalue weighted by Crippen LogP contribution is -2.17. The first kappa shape index (κ1) is 16.5. The molecule has 0 unspecified atom stereocenters. The number of aromatic amines is 1. The van der Waals surface area contributed by atoms with Crippen molar-refractivity contribution in [2.75, 3.05) is 5.32 Å². The molecule has 0 aliphatic rings. The summed E-state index contributed by atoms with van der Waals surface area (Å²) in [6, 6.07) is 9.88. The number of halogens is 3. The van der Waals surface area contributed by atoms with Crippen LogP contribution in [0.2, 0.25) is 0 Å². The molecule has 2 N–H and O–H groups in total. The summed E-state index contributed by atoms with van der Waals surface area (Å²) in [5.41, 5.74) is 1.89. The summed E-state index contributed by atoms with van der Waals surface area (Å²) < 4.78 is 40.1. The Bertz CT molecular complexity index is 861. The van der Waals surface area contributed by atoms with Crippen molar-refractivity contribution in [2.24, 2.45) is 0 Å². The standard InChI is InChI=1S/C16H11F3N4O2/c17-16(18,19)25-12-3-1-11(2-4-12)21-15(24)14-9-13(22-23-14)10-5-7-20-8-6-10/h1-9H,(H,21,24)(H,22,23). The first-order valence-corrected chi connectivity index (χ1v) is 7.04. The van der Waals surface area contributed by atoms with Gasteiger partial charge in [0.05, 0.1) is 5.69 Å². The van der Waals surface area contributed by atoms with E-state index >= 15 is 0 Å². The van der Waals surface area contributed by atoms with Crippen LogP contribution in [0.25, 0.3) is 11.3 Å². The van der Waals surface area contributed by atoms with Crippen molar-refractivity contribution in [3.05, 3.63) is 60.6 Å². The third-order valence-electron chi connectivity index (χ3n) is 3.14. The van der Waals surface area contributed by atoms with Gasteiger partial charge in [-0.25, -0.2) is 0 Å². The van der Waals surface area contributed by atoms with Gasteiger partial charge in [-0.3, -0.25) is 14.9 Å². The molecule has 0 aliphatic heterocycles. The number of alkyl halides is 3. The van der Waals surface area contributed by atoms with Gasteiger partial charge < -0.3 is 10.1 Å². The maximum Gasteiger partial charge on any atom is 0.573 e. The van der Waals surface area contributed by atoms with Gasteiger partial charge in [-0.05, 0) is 42.5 Å². The molecule has 6 nitrogen and oxygen atoms in total. The maximum atomic E-state index is 12.2. The van der Waals surface area contributed by atoms with Crippen molar-refractivity contribution in [3.8, 4) is 17.0 Å². The van der Waals surface area contributed by atoms with Crippen molar-refractivity contribution in [1.82, 2.24) is 15.2 Å². The van der Waals surface area contributed by atoms with Crippen LogP contribution < -0.4 is 10.1 Å². The topological polar surface area (TPSA) is 79.9 Å². The van der Waals surface area contributed by atoms with Crippen LogP contribution in [0.15, 0.2) is 54.9 Å². The van der Waals surface area contributed by atoms with E-state index in [1.165, 1.54) is 12.1 Å². The number of nitrogens with one attached hydrogen (secondary N) is 2. The molecule has 0 bridgehead atoms. The minimum atomic E-state index is -4.76. The molecule has 0 radical (unpaired) electrons. The van der Waals surface area contributed by atoms with E-state index in [0.717, 1.165) is 17.7 Å². The molecule has 9 heteroatoms. The molecule has 1 amide bonds. The fourth-order valence-corrected chi connectivity index (χ4v) is 2.05. The number of aromatic nitrogens is 3. The van der Waals surface area contributed by atoms with E-state index in [1.807, 2.05) is 0 Å². The highest BCUT2D eigenvalue weighted by atomic mass is 19.4. The van der Waals surface area contributed by atoms with Crippen LogP contribution in [0.1, 0.15) is 10.5 Å². The molecular formula is C16H11F3N4O2. The van der Waals surface area contributed by atoms with Crippen molar-refractivity contribution in [2.45, 2.75) is 6.36 Å². The first-order valence-electron chi connectivity index (χ1n) is 7.04. The Labute approximate surface area is 139 Å². The fourth-order valence-electron chi connectivity index (χ4n) is 2.05. The molecule has 2 aromatic heterocycles. The summed E-state index contributed by atoms with van der Waals surface area (Å²) in [4.78, 5) is 16.1. The number of rotatable bonds is 4. The highest BCUT2D eigenvalue weighted by Crippen LogP contribution is 2.24. The van der Waals surface area contributed by atoms with Crippen LogP contribution in [0.3, 0.4) is 0 Å². The minimum Gasteiger partial charge on any atom is -0.406 e. The monoisotopic (exact) mass is 348 g/mol. The molecule has 128 valence electrons. The predicted octanol–water partition coefficient (Wildman–Crippen LogP) is 3.62. The SMILES string of the molecule is O=C(Nc1ccc(OC(F)(F)F)cc1)c1cc(-c2ccncc2)n[nH]1. The summed E-state index contributed by atoms with van der Waals surface area (Å²) in [5, 5.41) is 9.21. The van der Waals surface area contributed by atoms with Gasteiger partial charge in [-0.15, -0.1) is 13.2 Å². The molecule has 25 heavy (non-hydrogen) atoms. The molecule has 0 fully saturated rings. The number of H-pyrrole nitrogens is 1. The Morgan fingerprint density at radius 1 is 1.08 bits per heavy atom. The average molecular weight is 348 g/mol. The molecule has 0 saturated carbocycles. The van der Waals surface area contributed by atoms with Gasteiger partial charge in [0.1, 0.15) is 11.4 Å². The lowest BCUT2D eigenvalue weighted by atomic mass is 10.2. The Morgan fingerprint density at radius 3 is 2.40 bits per heavy atom. The number of anilines is 1. The number of ether oxygens (including phenoxy) is 1. The molecule has 0 spiro atoms. The third kappa shape index (κ3) is 4.34. The average Bonchev–Trinajstić information content (AvgIpc) is 3.06. The van der Waals surface area contributed by atoms with Crippen molar-refractivity contribution >= 4 is 11.6 Å². The lowest BCUT2D eigenvalue weighted by Gasteiger charge is -2.09. The van der Waals surface area contributed by atoms with E-state index in [0.29, 0.717) is 11.4 Å². The number of pyridine rings is 1. The molecule has 3 rings (SSSR count). The number of hydrogen-bond donors (Lipinski definition) is 2. The second-order valence-electron chi connectivity index (χ2n) is 4.93. The van der Waals surface area contributed by atoms with Crippen LogP contribution in [-0.2, 0) is 0 Å². The lowest BCUT2D eigenvalue weighted by molar-refractivity contribution is -0.274. The number of carbonyl (C=O) groups excluding carboxylic acids is 1. The Kier molecular flexibility index (Phi) is 4.38. The van der Waals surface area contributed by atoms with Crippen LogP contribution in [0.5, 0.6) is 5.75 Å².